The van der Waals surface area contributed by atoms with Crippen LogP contribution >= 0.6 is 11.6 Å². The number of rotatable bonds is 5. The van der Waals surface area contributed by atoms with Crippen LogP contribution < -0.4 is 15.6 Å². The number of phenols is 2. The number of carbonyl (C=O) groups excluding carboxylic acids is 1. The third kappa shape index (κ3) is 4.10. The second kappa shape index (κ2) is 9.07. The van der Waals surface area contributed by atoms with Crippen LogP contribution in [0.2, 0.25) is 5.02 Å². The molecule has 0 saturated carbocycles. The van der Waals surface area contributed by atoms with Gasteiger partial charge in [-0.2, -0.15) is 0 Å². The van der Waals surface area contributed by atoms with Crippen molar-refractivity contribution in [2.75, 3.05) is 7.11 Å². The Morgan fingerprint density at radius 1 is 0.971 bits per heavy atom. The average molecular weight is 494 g/mol. The van der Waals surface area contributed by atoms with Crippen LogP contribution in [0.15, 0.2) is 54.6 Å². The van der Waals surface area contributed by atoms with Crippen molar-refractivity contribution in [3.63, 3.8) is 0 Å². The van der Waals surface area contributed by atoms with E-state index in [4.69, 9.17) is 16.3 Å². The lowest BCUT2D eigenvalue weighted by Gasteiger charge is -2.32. The Bertz CT molecular complexity index is 1280. The second-order valence-electron chi connectivity index (χ2n) is 9.31. The fraction of sp³-hybridized carbons (Fsp3) is 0.296. The fourth-order valence-corrected chi connectivity index (χ4v) is 5.41. The molecule has 2 heterocycles. The molecule has 3 aromatic rings. The molecule has 0 aliphatic carbocycles. The van der Waals surface area contributed by atoms with Crippen LogP contribution in [0.3, 0.4) is 0 Å². The van der Waals surface area contributed by atoms with E-state index in [1.54, 1.807) is 24.3 Å². The minimum atomic E-state index is -0.505. The summed E-state index contributed by atoms with van der Waals surface area (Å²) in [5, 5.41) is 21.5. The van der Waals surface area contributed by atoms with Gasteiger partial charge in [-0.15, -0.1) is 0 Å². The van der Waals surface area contributed by atoms with Gasteiger partial charge in [-0.25, -0.2) is 10.9 Å². The highest BCUT2D eigenvalue weighted by atomic mass is 35.5. The average Bonchev–Trinajstić information content (AvgIpc) is 3.37. The molecule has 0 aromatic heterocycles. The molecule has 4 atom stereocenters. The molecule has 0 spiro atoms. The maximum Gasteiger partial charge on any atom is 0.242 e. The number of ether oxygens (including phenoxy) is 1. The van der Waals surface area contributed by atoms with Gasteiger partial charge in [-0.1, -0.05) is 47.5 Å². The zero-order chi connectivity index (χ0) is 24.9. The number of hydrazine groups is 1. The summed E-state index contributed by atoms with van der Waals surface area (Å²) in [4.78, 5) is 15.6. The van der Waals surface area contributed by atoms with Crippen molar-refractivity contribution >= 4 is 17.5 Å². The van der Waals surface area contributed by atoms with Gasteiger partial charge in [0.15, 0.2) is 11.5 Å². The van der Waals surface area contributed by atoms with Gasteiger partial charge in [0.05, 0.1) is 19.2 Å². The zero-order valence-corrected chi connectivity index (χ0v) is 20.5. The van der Waals surface area contributed by atoms with E-state index in [-0.39, 0.29) is 35.4 Å². The molecule has 8 heteroatoms. The Morgan fingerprint density at radius 2 is 1.69 bits per heavy atom. The summed E-state index contributed by atoms with van der Waals surface area (Å²) in [5.74, 6) is 0.195. The number of aryl methyl sites for hydroxylation is 2. The zero-order valence-electron chi connectivity index (χ0n) is 19.7. The normalized spacial score (nSPS) is 23.5. The molecule has 2 saturated heterocycles. The molecule has 4 unspecified atom stereocenters. The summed E-state index contributed by atoms with van der Waals surface area (Å²) in [7, 11) is 1.50. The predicted molar refractivity (Wildman–Crippen MR) is 133 cm³/mol. The highest BCUT2D eigenvalue weighted by Gasteiger charge is 2.56. The molecule has 0 bridgehead atoms. The highest BCUT2D eigenvalue weighted by Crippen LogP contribution is 2.50. The Kier molecular flexibility index (Phi) is 6.09. The minimum Gasteiger partial charge on any atom is -0.508 e. The van der Waals surface area contributed by atoms with Gasteiger partial charge in [-0.3, -0.25) is 4.79 Å². The molecular weight excluding hydrogens is 466 g/mol. The summed E-state index contributed by atoms with van der Waals surface area (Å²) in [6.45, 7) is 4.29. The standard InChI is InChI=1S/C27H28ClN3O4/c1-14-4-6-16(7-5-14)13-31-26(17-8-9-20(32)22(11-17)35-3)23-24(29-30-25(23)27(31)34)18-12-19(28)15(2)10-21(18)33/h4-12,23-26,29-30,32-33H,13H2,1-3H3. The number of halogens is 1. The largest absolute Gasteiger partial charge is 0.508 e. The number of nitrogens with one attached hydrogen (secondary N) is 2. The topological polar surface area (TPSA) is 94.1 Å². The van der Waals surface area contributed by atoms with E-state index in [1.165, 1.54) is 7.11 Å². The Balaban J connectivity index is 1.61. The Hall–Kier alpha value is -3.26. The van der Waals surface area contributed by atoms with Crippen molar-refractivity contribution in [3.8, 4) is 17.2 Å². The van der Waals surface area contributed by atoms with Crippen molar-refractivity contribution in [2.24, 2.45) is 5.92 Å². The molecular formula is C27H28ClN3O4. The van der Waals surface area contributed by atoms with E-state index < -0.39 is 6.04 Å². The van der Waals surface area contributed by atoms with Crippen LogP contribution in [-0.4, -0.2) is 34.2 Å². The molecule has 4 N–H and O–H groups in total. The SMILES string of the molecule is COc1cc(C2C3C(NNC3c3cc(Cl)c(C)cc3O)C(=O)N2Cc2ccc(C)cc2)ccc1O. The van der Waals surface area contributed by atoms with Gasteiger partial charge in [0.1, 0.15) is 11.8 Å². The molecule has 0 radical (unpaired) electrons. The number of likely N-dealkylation sites (tertiary alicyclic amines) is 1. The molecule has 3 aromatic carbocycles. The quantitative estimate of drug-likeness (QED) is 0.423. The number of phenolic OH excluding ortho intramolecular Hbond substituents is 2. The van der Waals surface area contributed by atoms with Crippen LogP contribution in [-0.2, 0) is 11.3 Å². The van der Waals surface area contributed by atoms with E-state index in [1.807, 2.05) is 49.1 Å². The van der Waals surface area contributed by atoms with E-state index >= 15 is 0 Å². The molecule has 2 fully saturated rings. The predicted octanol–water partition coefficient (Wildman–Crippen LogP) is 4.29. The first-order valence-electron chi connectivity index (χ1n) is 11.5. The van der Waals surface area contributed by atoms with Crippen molar-refractivity contribution in [1.29, 1.82) is 0 Å². The van der Waals surface area contributed by atoms with Crippen molar-refractivity contribution in [1.82, 2.24) is 15.8 Å². The van der Waals surface area contributed by atoms with Crippen LogP contribution in [0, 0.1) is 19.8 Å². The summed E-state index contributed by atoms with van der Waals surface area (Å²) >= 11 is 6.41. The minimum absolute atomic E-state index is 0.0318. The van der Waals surface area contributed by atoms with Gasteiger partial charge in [-0.05, 0) is 54.8 Å². The molecule has 5 rings (SSSR count). The first-order chi connectivity index (χ1) is 16.8. The van der Waals surface area contributed by atoms with E-state index in [2.05, 4.69) is 10.9 Å². The third-order valence-corrected chi connectivity index (χ3v) is 7.48. The van der Waals surface area contributed by atoms with Gasteiger partial charge < -0.3 is 19.8 Å². The van der Waals surface area contributed by atoms with Gasteiger partial charge in [0.2, 0.25) is 5.91 Å². The lowest BCUT2D eigenvalue weighted by Crippen LogP contribution is -2.41. The molecule has 2 aliphatic rings. The van der Waals surface area contributed by atoms with E-state index in [0.717, 1.165) is 22.3 Å². The lowest BCUT2D eigenvalue weighted by molar-refractivity contribution is -0.131. The van der Waals surface area contributed by atoms with Crippen molar-refractivity contribution < 1.29 is 19.7 Å². The highest BCUT2D eigenvalue weighted by molar-refractivity contribution is 6.31. The number of benzene rings is 3. The third-order valence-electron chi connectivity index (χ3n) is 7.08. The number of nitrogens with zero attached hydrogens (tertiary/aromatic N) is 1. The van der Waals surface area contributed by atoms with Crippen LogP contribution in [0.25, 0.3) is 0 Å². The van der Waals surface area contributed by atoms with Gasteiger partial charge >= 0.3 is 0 Å². The number of carbonyl (C=O) groups is 1. The summed E-state index contributed by atoms with van der Waals surface area (Å²) in [5.41, 5.74) is 10.8. The van der Waals surface area contributed by atoms with Gasteiger partial charge in [0.25, 0.3) is 0 Å². The smallest absolute Gasteiger partial charge is 0.242 e. The van der Waals surface area contributed by atoms with Crippen LogP contribution in [0.5, 0.6) is 17.2 Å². The number of methoxy groups -OCH3 is 1. The molecule has 35 heavy (non-hydrogen) atoms. The maximum atomic E-state index is 13.7. The summed E-state index contributed by atoms with van der Waals surface area (Å²) in [6.07, 6.45) is 0. The maximum absolute atomic E-state index is 13.7. The lowest BCUT2D eigenvalue weighted by atomic mass is 9.82. The Morgan fingerprint density at radius 3 is 2.40 bits per heavy atom. The molecule has 1 amide bonds. The number of hydrogen-bond donors (Lipinski definition) is 4. The fourth-order valence-electron chi connectivity index (χ4n) is 5.24. The van der Waals surface area contributed by atoms with E-state index in [0.29, 0.717) is 22.9 Å². The van der Waals surface area contributed by atoms with Crippen LogP contribution in [0.1, 0.15) is 39.9 Å². The summed E-state index contributed by atoms with van der Waals surface area (Å²) in [6, 6.07) is 15.5. The summed E-state index contributed by atoms with van der Waals surface area (Å²) < 4.78 is 5.37. The number of hydrogen-bond acceptors (Lipinski definition) is 6. The van der Waals surface area contributed by atoms with Crippen molar-refractivity contribution in [2.45, 2.75) is 38.5 Å². The Labute approximate surface area is 209 Å². The second-order valence-corrected chi connectivity index (χ2v) is 9.72. The number of amides is 1. The van der Waals surface area contributed by atoms with E-state index in [9.17, 15) is 15.0 Å². The molecule has 182 valence electrons. The first-order valence-corrected chi connectivity index (χ1v) is 11.9. The monoisotopic (exact) mass is 493 g/mol. The number of aromatic hydroxyl groups is 2. The molecule has 2 aliphatic heterocycles. The molecule has 7 nitrogen and oxygen atoms in total. The number of fused-ring (bicyclic) bond motifs is 1. The first kappa shape index (κ1) is 23.5. The van der Waals surface area contributed by atoms with Crippen LogP contribution in [0.4, 0.5) is 0 Å². The van der Waals surface area contributed by atoms with Crippen molar-refractivity contribution in [3.05, 3.63) is 87.4 Å². The van der Waals surface area contributed by atoms with Gasteiger partial charge in [0, 0.05) is 23.0 Å².